The summed E-state index contributed by atoms with van der Waals surface area (Å²) in [4.78, 5) is 0. The van der Waals surface area contributed by atoms with Crippen LogP contribution in [0.1, 0.15) is 38.8 Å². The predicted octanol–water partition coefficient (Wildman–Crippen LogP) is 5.40. The van der Waals surface area contributed by atoms with Gasteiger partial charge in [-0.25, -0.2) is 0 Å². The highest BCUT2D eigenvalue weighted by molar-refractivity contribution is 6.53. The van der Waals surface area contributed by atoms with Crippen LogP contribution >= 0.6 is 11.6 Å². The molecule has 0 aliphatic carbocycles. The lowest BCUT2D eigenvalue weighted by molar-refractivity contribution is 0.00578. The number of halogens is 1. The molecule has 3 rings (SSSR count). The molecular weight excluding hydrogens is 318 g/mol. The molecule has 4 heteroatoms. The van der Waals surface area contributed by atoms with E-state index in [1.54, 1.807) is 0 Å². The highest BCUT2D eigenvalue weighted by Gasteiger charge is 2.50. The third-order valence-corrected chi connectivity index (χ3v) is 5.07. The van der Waals surface area contributed by atoms with Crippen LogP contribution in [0.2, 0.25) is 5.02 Å². The lowest BCUT2D eigenvalue weighted by Crippen LogP contribution is -2.41. The van der Waals surface area contributed by atoms with Gasteiger partial charge in [0.2, 0.25) is 0 Å². The van der Waals surface area contributed by atoms with Crippen molar-refractivity contribution in [3.8, 4) is 0 Å². The van der Waals surface area contributed by atoms with Crippen molar-refractivity contribution in [1.29, 1.82) is 0 Å². The van der Waals surface area contributed by atoms with Gasteiger partial charge < -0.3 is 9.31 Å². The van der Waals surface area contributed by atoms with Crippen LogP contribution in [-0.2, 0) is 9.31 Å². The fourth-order valence-electron chi connectivity index (χ4n) is 2.70. The Kier molecular flexibility index (Phi) is 4.61. The van der Waals surface area contributed by atoms with Gasteiger partial charge in [-0.1, -0.05) is 54.1 Å². The summed E-state index contributed by atoms with van der Waals surface area (Å²) in [5.41, 5.74) is 2.58. The van der Waals surface area contributed by atoms with Gasteiger partial charge >= 0.3 is 7.12 Å². The highest BCUT2D eigenvalue weighted by Crippen LogP contribution is 2.38. The number of hydrogen-bond acceptors (Lipinski definition) is 2. The van der Waals surface area contributed by atoms with Crippen LogP contribution in [0, 0.1) is 0 Å². The SMILES string of the molecule is CC1(C)OB(/C=C(\c2ccccc2)c2ccc(Cl)cc2)OC1(C)C. The first kappa shape index (κ1) is 17.3. The summed E-state index contributed by atoms with van der Waals surface area (Å²) in [6, 6.07) is 18.1. The first-order valence-electron chi connectivity index (χ1n) is 8.17. The van der Waals surface area contributed by atoms with Crippen molar-refractivity contribution < 1.29 is 9.31 Å². The van der Waals surface area contributed by atoms with E-state index in [9.17, 15) is 0 Å². The van der Waals surface area contributed by atoms with Crippen molar-refractivity contribution in [2.24, 2.45) is 0 Å². The Bertz CT molecular complexity index is 720. The topological polar surface area (TPSA) is 18.5 Å². The summed E-state index contributed by atoms with van der Waals surface area (Å²) in [6.45, 7) is 8.24. The molecule has 124 valence electrons. The standard InChI is InChI=1S/C20H22BClO2/c1-19(2)20(3,4)24-21(23-19)14-18(15-8-6-5-7-9-15)16-10-12-17(22)13-11-16/h5-14H,1-4H3/b18-14+. The molecule has 2 nitrogen and oxygen atoms in total. The lowest BCUT2D eigenvalue weighted by atomic mass is 9.82. The van der Waals surface area contributed by atoms with Crippen LogP contribution in [0.3, 0.4) is 0 Å². The summed E-state index contributed by atoms with van der Waals surface area (Å²) in [5, 5.41) is 0.724. The first-order valence-corrected chi connectivity index (χ1v) is 8.55. The Labute approximate surface area is 149 Å². The molecule has 0 aromatic heterocycles. The average molecular weight is 341 g/mol. The van der Waals surface area contributed by atoms with Crippen molar-refractivity contribution >= 4 is 24.3 Å². The van der Waals surface area contributed by atoms with E-state index in [0.29, 0.717) is 0 Å². The summed E-state index contributed by atoms with van der Waals surface area (Å²) >= 11 is 6.04. The van der Waals surface area contributed by atoms with Crippen LogP contribution in [0.5, 0.6) is 0 Å². The maximum Gasteiger partial charge on any atom is 0.487 e. The fourth-order valence-corrected chi connectivity index (χ4v) is 2.83. The molecule has 0 amide bonds. The molecule has 0 saturated carbocycles. The largest absolute Gasteiger partial charge is 0.487 e. The third kappa shape index (κ3) is 3.44. The van der Waals surface area contributed by atoms with Gasteiger partial charge in [0.05, 0.1) is 11.2 Å². The quantitative estimate of drug-likeness (QED) is 0.696. The zero-order valence-electron chi connectivity index (χ0n) is 14.5. The van der Waals surface area contributed by atoms with Crippen LogP contribution in [0.4, 0.5) is 0 Å². The van der Waals surface area contributed by atoms with E-state index in [-0.39, 0.29) is 18.3 Å². The maximum atomic E-state index is 6.14. The lowest BCUT2D eigenvalue weighted by Gasteiger charge is -2.32. The van der Waals surface area contributed by atoms with Gasteiger partial charge in [-0.3, -0.25) is 0 Å². The molecule has 1 aliphatic rings. The predicted molar refractivity (Wildman–Crippen MR) is 101 cm³/mol. The van der Waals surface area contributed by atoms with E-state index in [1.807, 2.05) is 42.5 Å². The molecule has 1 heterocycles. The monoisotopic (exact) mass is 340 g/mol. The zero-order valence-corrected chi connectivity index (χ0v) is 15.3. The Morgan fingerprint density at radius 3 is 1.88 bits per heavy atom. The minimum Gasteiger partial charge on any atom is -0.400 e. The van der Waals surface area contributed by atoms with Crippen molar-refractivity contribution in [3.63, 3.8) is 0 Å². The van der Waals surface area contributed by atoms with Gasteiger partial charge in [0.25, 0.3) is 0 Å². The number of hydrogen-bond donors (Lipinski definition) is 0. The summed E-state index contributed by atoms with van der Waals surface area (Å²) in [5.74, 6) is 2.05. The molecule has 1 aliphatic heterocycles. The van der Waals surface area contributed by atoms with Gasteiger partial charge in [-0.05, 0) is 62.5 Å². The van der Waals surface area contributed by atoms with Gasteiger partial charge in [-0.2, -0.15) is 0 Å². The second-order valence-electron chi connectivity index (χ2n) is 7.08. The van der Waals surface area contributed by atoms with Crippen molar-refractivity contribution in [2.75, 3.05) is 0 Å². The van der Waals surface area contributed by atoms with Crippen LogP contribution in [0.15, 0.2) is 60.6 Å². The van der Waals surface area contributed by atoms with Crippen molar-refractivity contribution in [3.05, 3.63) is 76.7 Å². The minimum atomic E-state index is -0.388. The summed E-state index contributed by atoms with van der Waals surface area (Å²) in [6.07, 6.45) is 0. The Morgan fingerprint density at radius 2 is 1.33 bits per heavy atom. The van der Waals surface area contributed by atoms with Crippen LogP contribution < -0.4 is 0 Å². The van der Waals surface area contributed by atoms with Gasteiger partial charge in [0.1, 0.15) is 0 Å². The van der Waals surface area contributed by atoms with Gasteiger partial charge in [0, 0.05) is 5.02 Å². The smallest absolute Gasteiger partial charge is 0.400 e. The minimum absolute atomic E-state index is 0.351. The van der Waals surface area contributed by atoms with E-state index in [0.717, 1.165) is 21.7 Å². The first-order chi connectivity index (χ1) is 11.3. The Morgan fingerprint density at radius 1 is 0.833 bits per heavy atom. The molecule has 0 spiro atoms. The van der Waals surface area contributed by atoms with Crippen LogP contribution in [0.25, 0.3) is 5.57 Å². The molecule has 0 N–H and O–H groups in total. The maximum absolute atomic E-state index is 6.14. The second kappa shape index (κ2) is 6.40. The van der Waals surface area contributed by atoms with E-state index in [4.69, 9.17) is 20.9 Å². The molecule has 24 heavy (non-hydrogen) atoms. The fraction of sp³-hybridized carbons (Fsp3) is 0.300. The molecular formula is C20H22BClO2. The van der Waals surface area contributed by atoms with Crippen molar-refractivity contribution in [1.82, 2.24) is 0 Å². The molecule has 0 unspecified atom stereocenters. The normalized spacial score (nSPS) is 19.5. The van der Waals surface area contributed by atoms with E-state index < -0.39 is 0 Å². The molecule has 0 atom stereocenters. The van der Waals surface area contributed by atoms with Crippen molar-refractivity contribution in [2.45, 2.75) is 38.9 Å². The van der Waals surface area contributed by atoms with E-state index >= 15 is 0 Å². The van der Waals surface area contributed by atoms with E-state index in [2.05, 4.69) is 45.8 Å². The highest BCUT2D eigenvalue weighted by atomic mass is 35.5. The zero-order chi connectivity index (χ0) is 17.4. The molecule has 2 aromatic carbocycles. The van der Waals surface area contributed by atoms with Gasteiger partial charge in [0.15, 0.2) is 0 Å². The second-order valence-corrected chi connectivity index (χ2v) is 7.51. The molecule has 0 radical (unpaired) electrons. The average Bonchev–Trinajstić information content (AvgIpc) is 2.74. The molecule has 0 bridgehead atoms. The van der Waals surface area contributed by atoms with Crippen LogP contribution in [-0.4, -0.2) is 18.3 Å². The van der Waals surface area contributed by atoms with E-state index in [1.165, 1.54) is 0 Å². The molecule has 1 saturated heterocycles. The molecule has 2 aromatic rings. The summed E-state index contributed by atoms with van der Waals surface area (Å²) < 4.78 is 12.3. The number of rotatable bonds is 3. The molecule has 1 fully saturated rings. The Balaban J connectivity index is 2.01. The summed E-state index contributed by atoms with van der Waals surface area (Å²) in [7, 11) is -0.388. The van der Waals surface area contributed by atoms with Gasteiger partial charge in [-0.15, -0.1) is 0 Å². The number of benzene rings is 2. The Hall–Kier alpha value is -1.55. The third-order valence-electron chi connectivity index (χ3n) is 4.81.